The largest absolute Gasteiger partial charge is 0.396 e. The molecule has 0 bridgehead atoms. The first kappa shape index (κ1) is 15.4. The molecule has 1 aromatic carbocycles. The van der Waals surface area contributed by atoms with Crippen molar-refractivity contribution in [3.05, 3.63) is 48.0 Å². The van der Waals surface area contributed by atoms with E-state index >= 15 is 0 Å². The Morgan fingerprint density at radius 1 is 1.08 bits per heavy atom. The summed E-state index contributed by atoms with van der Waals surface area (Å²) in [7, 11) is 0. The summed E-state index contributed by atoms with van der Waals surface area (Å²) in [4.78, 5) is 14.3. The summed E-state index contributed by atoms with van der Waals surface area (Å²) in [6, 6.07) is 8.33. The Bertz CT molecular complexity index is 731. The number of benzene rings is 1. The number of hydrogen-bond donors (Lipinski definition) is 1. The van der Waals surface area contributed by atoms with Gasteiger partial charge in [-0.25, -0.2) is 9.98 Å². The highest BCUT2D eigenvalue weighted by Crippen LogP contribution is 2.25. The predicted octanol–water partition coefficient (Wildman–Crippen LogP) is 1.32. The molecule has 2 aliphatic rings. The van der Waals surface area contributed by atoms with E-state index in [-0.39, 0.29) is 6.61 Å². The van der Waals surface area contributed by atoms with Gasteiger partial charge in [-0.2, -0.15) is 0 Å². The van der Waals surface area contributed by atoms with Crippen molar-refractivity contribution in [2.75, 3.05) is 39.3 Å². The second kappa shape index (κ2) is 6.75. The van der Waals surface area contributed by atoms with E-state index in [1.54, 1.807) is 0 Å². The molecule has 0 spiro atoms. The van der Waals surface area contributed by atoms with Gasteiger partial charge in [0.2, 0.25) is 0 Å². The van der Waals surface area contributed by atoms with E-state index in [4.69, 9.17) is 10.1 Å². The summed E-state index contributed by atoms with van der Waals surface area (Å²) in [5.74, 6) is 1.93. The lowest BCUT2D eigenvalue weighted by atomic mass is 10.2. The molecule has 1 N–H and O–H groups in total. The number of piperazine rings is 1. The molecule has 24 heavy (non-hydrogen) atoms. The van der Waals surface area contributed by atoms with Crippen LogP contribution in [0.5, 0.6) is 0 Å². The first-order valence-corrected chi connectivity index (χ1v) is 8.61. The Hall–Kier alpha value is -2.18. The van der Waals surface area contributed by atoms with Crippen molar-refractivity contribution in [3.8, 4) is 0 Å². The monoisotopic (exact) mass is 325 g/mol. The lowest BCUT2D eigenvalue weighted by Crippen LogP contribution is -2.49. The molecule has 2 aromatic rings. The van der Waals surface area contributed by atoms with Crippen LogP contribution in [-0.4, -0.2) is 69.6 Å². The fourth-order valence-corrected chi connectivity index (χ4v) is 3.43. The van der Waals surface area contributed by atoms with E-state index < -0.39 is 0 Å². The average Bonchev–Trinajstić information content (AvgIpc) is 3.01. The molecule has 0 aliphatic carbocycles. The first-order valence-electron chi connectivity index (χ1n) is 8.61. The number of para-hydroxylation sites is 1. The third kappa shape index (κ3) is 2.95. The SMILES string of the molecule is OCCCN1CCN(C2=Nc3ccccc3Cn3ccnc32)CC1. The van der Waals surface area contributed by atoms with Gasteiger partial charge < -0.3 is 14.6 Å². The molecule has 1 aromatic heterocycles. The number of aliphatic imine (C=N–C) groups is 1. The lowest BCUT2D eigenvalue weighted by molar-refractivity contribution is 0.166. The zero-order valence-corrected chi connectivity index (χ0v) is 13.8. The molecule has 0 saturated carbocycles. The van der Waals surface area contributed by atoms with E-state index in [1.807, 2.05) is 18.5 Å². The van der Waals surface area contributed by atoms with E-state index in [0.717, 1.165) is 63.0 Å². The van der Waals surface area contributed by atoms with Gasteiger partial charge in [-0.3, -0.25) is 4.90 Å². The molecule has 0 atom stereocenters. The number of aliphatic hydroxyl groups excluding tert-OH is 1. The van der Waals surface area contributed by atoms with Crippen LogP contribution in [0.3, 0.4) is 0 Å². The Morgan fingerprint density at radius 3 is 2.75 bits per heavy atom. The summed E-state index contributed by atoms with van der Waals surface area (Å²) in [5.41, 5.74) is 2.27. The molecule has 126 valence electrons. The second-order valence-corrected chi connectivity index (χ2v) is 6.35. The van der Waals surface area contributed by atoms with Gasteiger partial charge in [-0.1, -0.05) is 18.2 Å². The maximum atomic E-state index is 9.00. The van der Waals surface area contributed by atoms with Crippen molar-refractivity contribution in [2.45, 2.75) is 13.0 Å². The van der Waals surface area contributed by atoms with E-state index in [9.17, 15) is 0 Å². The Kier molecular flexibility index (Phi) is 4.32. The summed E-state index contributed by atoms with van der Waals surface area (Å²) in [5, 5.41) is 9.00. The van der Waals surface area contributed by atoms with Gasteiger partial charge in [-0.05, 0) is 18.1 Å². The van der Waals surface area contributed by atoms with Crippen LogP contribution in [0.2, 0.25) is 0 Å². The molecule has 3 heterocycles. The van der Waals surface area contributed by atoms with E-state index in [2.05, 4.69) is 37.5 Å². The molecule has 4 rings (SSSR count). The lowest BCUT2D eigenvalue weighted by Gasteiger charge is -2.36. The van der Waals surface area contributed by atoms with Crippen LogP contribution in [0.1, 0.15) is 17.8 Å². The third-order valence-electron chi connectivity index (χ3n) is 4.78. The van der Waals surface area contributed by atoms with Crippen LogP contribution >= 0.6 is 0 Å². The van der Waals surface area contributed by atoms with E-state index in [0.29, 0.717) is 0 Å². The van der Waals surface area contributed by atoms with Gasteiger partial charge in [0.15, 0.2) is 11.7 Å². The standard InChI is InChI=1S/C18H23N5O/c24-13-3-7-21-9-11-22(12-10-21)18-17-19-6-8-23(17)14-15-4-1-2-5-16(15)20-18/h1-2,4-6,8,24H,3,7,9-14H2. The zero-order valence-electron chi connectivity index (χ0n) is 13.8. The van der Waals surface area contributed by atoms with Gasteiger partial charge in [-0.15, -0.1) is 0 Å². The molecule has 0 amide bonds. The maximum absolute atomic E-state index is 9.00. The van der Waals surface area contributed by atoms with Gasteiger partial charge in [0.1, 0.15) is 0 Å². The third-order valence-corrected chi connectivity index (χ3v) is 4.78. The number of hydrogen-bond acceptors (Lipinski definition) is 5. The summed E-state index contributed by atoms with van der Waals surface area (Å²) < 4.78 is 2.18. The number of imidazole rings is 1. The molecule has 1 saturated heterocycles. The van der Waals surface area contributed by atoms with Crippen molar-refractivity contribution < 1.29 is 5.11 Å². The summed E-state index contributed by atoms with van der Waals surface area (Å²) >= 11 is 0. The normalized spacial score (nSPS) is 17.9. The van der Waals surface area contributed by atoms with Gasteiger partial charge in [0.05, 0.1) is 12.2 Å². The van der Waals surface area contributed by atoms with Crippen molar-refractivity contribution >= 4 is 11.5 Å². The number of aromatic nitrogens is 2. The average molecular weight is 325 g/mol. The van der Waals surface area contributed by atoms with Crippen LogP contribution < -0.4 is 0 Å². The minimum Gasteiger partial charge on any atom is -0.396 e. The molecule has 6 heteroatoms. The minimum atomic E-state index is 0.265. The smallest absolute Gasteiger partial charge is 0.176 e. The molecule has 2 aliphatic heterocycles. The number of aliphatic hydroxyl groups is 1. The van der Waals surface area contributed by atoms with Crippen LogP contribution in [-0.2, 0) is 6.54 Å². The Morgan fingerprint density at radius 2 is 1.92 bits per heavy atom. The van der Waals surface area contributed by atoms with Crippen LogP contribution in [0.25, 0.3) is 0 Å². The quantitative estimate of drug-likeness (QED) is 0.925. The number of amidine groups is 1. The van der Waals surface area contributed by atoms with E-state index in [1.165, 1.54) is 5.56 Å². The highest BCUT2D eigenvalue weighted by atomic mass is 16.3. The fraction of sp³-hybridized carbons (Fsp3) is 0.444. The van der Waals surface area contributed by atoms with Crippen LogP contribution in [0, 0.1) is 0 Å². The van der Waals surface area contributed by atoms with Crippen LogP contribution in [0.15, 0.2) is 41.7 Å². The molecular formula is C18H23N5O. The second-order valence-electron chi connectivity index (χ2n) is 6.35. The van der Waals surface area contributed by atoms with Gasteiger partial charge in [0.25, 0.3) is 0 Å². The maximum Gasteiger partial charge on any atom is 0.176 e. The van der Waals surface area contributed by atoms with Crippen molar-refractivity contribution in [1.29, 1.82) is 0 Å². The predicted molar refractivity (Wildman–Crippen MR) is 93.7 cm³/mol. The fourth-order valence-electron chi connectivity index (χ4n) is 3.43. The van der Waals surface area contributed by atoms with Crippen molar-refractivity contribution in [1.82, 2.24) is 19.4 Å². The van der Waals surface area contributed by atoms with Gasteiger partial charge >= 0.3 is 0 Å². The topological polar surface area (TPSA) is 56.9 Å². The molecular weight excluding hydrogens is 302 g/mol. The molecule has 1 fully saturated rings. The summed E-state index contributed by atoms with van der Waals surface area (Å²) in [6.07, 6.45) is 4.74. The van der Waals surface area contributed by atoms with Crippen molar-refractivity contribution in [3.63, 3.8) is 0 Å². The Labute approximate surface area is 142 Å². The number of nitrogens with zero attached hydrogens (tertiary/aromatic N) is 5. The van der Waals surface area contributed by atoms with Crippen LogP contribution in [0.4, 0.5) is 5.69 Å². The Balaban J connectivity index is 1.59. The highest BCUT2D eigenvalue weighted by molar-refractivity contribution is 5.98. The summed E-state index contributed by atoms with van der Waals surface area (Å²) in [6.45, 7) is 5.94. The van der Waals surface area contributed by atoms with Crippen molar-refractivity contribution in [2.24, 2.45) is 4.99 Å². The minimum absolute atomic E-state index is 0.265. The highest BCUT2D eigenvalue weighted by Gasteiger charge is 2.25. The molecule has 0 unspecified atom stereocenters. The molecule has 0 radical (unpaired) electrons. The first-order chi connectivity index (χ1) is 11.8. The number of rotatable bonds is 3. The van der Waals surface area contributed by atoms with Gasteiger partial charge in [0, 0.05) is 51.7 Å². The zero-order chi connectivity index (χ0) is 16.4. The molecule has 6 nitrogen and oxygen atoms in total. The number of fused-ring (bicyclic) bond motifs is 2.